The number of amides is 2. The van der Waals surface area contributed by atoms with E-state index in [1.807, 2.05) is 42.6 Å². The van der Waals surface area contributed by atoms with Crippen molar-refractivity contribution in [2.75, 3.05) is 5.01 Å². The molecule has 3 aromatic carbocycles. The summed E-state index contributed by atoms with van der Waals surface area (Å²) < 4.78 is 2.16. The van der Waals surface area contributed by atoms with Gasteiger partial charge in [-0.1, -0.05) is 66.2 Å². The third kappa shape index (κ3) is 3.51. The number of aromatic nitrogens is 1. The third-order valence-electron chi connectivity index (χ3n) is 5.46. The van der Waals surface area contributed by atoms with E-state index in [0.717, 1.165) is 16.5 Å². The Kier molecular flexibility index (Phi) is 4.64. The summed E-state index contributed by atoms with van der Waals surface area (Å²) in [7, 11) is 0. The summed E-state index contributed by atoms with van der Waals surface area (Å²) in [6.07, 6.45) is 3.70. The van der Waals surface area contributed by atoms with E-state index in [4.69, 9.17) is 0 Å². The molecule has 5 rings (SSSR count). The van der Waals surface area contributed by atoms with E-state index in [1.165, 1.54) is 16.1 Å². The number of fused-ring (bicyclic) bond motifs is 1. The molecule has 0 aliphatic carbocycles. The monoisotopic (exact) mass is 407 g/mol. The van der Waals surface area contributed by atoms with Gasteiger partial charge in [0.2, 0.25) is 0 Å². The van der Waals surface area contributed by atoms with Crippen LogP contribution in [0.1, 0.15) is 16.7 Å². The second-order valence-electron chi connectivity index (χ2n) is 7.69. The van der Waals surface area contributed by atoms with E-state index in [-0.39, 0.29) is 11.5 Å². The van der Waals surface area contributed by atoms with Crippen LogP contribution in [-0.4, -0.2) is 16.4 Å². The molecule has 152 valence electrons. The molecule has 31 heavy (non-hydrogen) atoms. The molecule has 1 fully saturated rings. The van der Waals surface area contributed by atoms with Gasteiger partial charge in [-0.25, -0.2) is 5.01 Å². The van der Waals surface area contributed by atoms with Crippen LogP contribution in [0.3, 0.4) is 0 Å². The van der Waals surface area contributed by atoms with E-state index in [1.54, 1.807) is 18.2 Å². The average molecular weight is 407 g/mol. The molecule has 0 atom stereocenters. The minimum absolute atomic E-state index is 0.127. The van der Waals surface area contributed by atoms with E-state index in [9.17, 15) is 9.59 Å². The number of aryl methyl sites for hydroxylation is 1. The van der Waals surface area contributed by atoms with Crippen molar-refractivity contribution >= 4 is 34.5 Å². The normalized spacial score (nSPS) is 15.1. The Bertz CT molecular complexity index is 1340. The van der Waals surface area contributed by atoms with Gasteiger partial charge in [0.05, 0.1) is 5.69 Å². The zero-order valence-electron chi connectivity index (χ0n) is 17.1. The Morgan fingerprint density at radius 1 is 0.903 bits per heavy atom. The molecule has 1 saturated heterocycles. The van der Waals surface area contributed by atoms with E-state index in [0.29, 0.717) is 12.2 Å². The molecule has 0 spiro atoms. The van der Waals surface area contributed by atoms with Gasteiger partial charge in [0.15, 0.2) is 0 Å². The summed E-state index contributed by atoms with van der Waals surface area (Å²) >= 11 is 0. The maximum absolute atomic E-state index is 13.0. The molecule has 0 bridgehead atoms. The average Bonchev–Trinajstić information content (AvgIpc) is 3.27. The fourth-order valence-electron chi connectivity index (χ4n) is 4.00. The molecule has 0 saturated carbocycles. The fraction of sp³-hybridized carbons (Fsp3) is 0.0769. The van der Waals surface area contributed by atoms with Crippen molar-refractivity contribution in [3.8, 4) is 0 Å². The Morgan fingerprint density at radius 2 is 1.68 bits per heavy atom. The van der Waals surface area contributed by atoms with Crippen molar-refractivity contribution in [1.29, 1.82) is 0 Å². The Balaban J connectivity index is 1.54. The van der Waals surface area contributed by atoms with Crippen molar-refractivity contribution in [2.45, 2.75) is 13.5 Å². The quantitative estimate of drug-likeness (QED) is 0.401. The van der Waals surface area contributed by atoms with Gasteiger partial charge in [0, 0.05) is 29.2 Å². The molecule has 2 amide bonds. The van der Waals surface area contributed by atoms with Gasteiger partial charge in [-0.05, 0) is 36.8 Å². The zero-order valence-corrected chi connectivity index (χ0v) is 17.1. The number of para-hydroxylation sites is 2. The van der Waals surface area contributed by atoms with Crippen LogP contribution in [0.25, 0.3) is 17.0 Å². The largest absolute Gasteiger partial charge is 0.342 e. The van der Waals surface area contributed by atoms with Crippen LogP contribution in [0.4, 0.5) is 5.69 Å². The number of carbonyl (C=O) groups excluding carboxylic acids is 2. The second-order valence-corrected chi connectivity index (χ2v) is 7.69. The topological polar surface area (TPSA) is 54.3 Å². The standard InChI is InChI=1S/C26H21N3O2/c1-18-8-7-9-19(14-18)16-28-17-20(22-12-5-6-13-24(22)28)15-23-25(30)27-29(26(23)31)21-10-3-2-4-11-21/h2-15,17H,16H2,1H3,(H,27,30)/b23-15-. The molecule has 0 unspecified atom stereocenters. The number of benzene rings is 3. The van der Waals surface area contributed by atoms with Gasteiger partial charge in [-0.3, -0.25) is 15.0 Å². The molecule has 0 radical (unpaired) electrons. The maximum atomic E-state index is 13.0. The summed E-state index contributed by atoms with van der Waals surface area (Å²) in [5.74, 6) is -0.754. The van der Waals surface area contributed by atoms with Crippen molar-refractivity contribution in [1.82, 2.24) is 9.99 Å². The minimum Gasteiger partial charge on any atom is -0.342 e. The number of hydrazine groups is 1. The summed E-state index contributed by atoms with van der Waals surface area (Å²) in [5, 5.41) is 2.29. The van der Waals surface area contributed by atoms with Crippen LogP contribution >= 0.6 is 0 Å². The summed E-state index contributed by atoms with van der Waals surface area (Å²) in [6.45, 7) is 2.79. The number of hydrogen-bond acceptors (Lipinski definition) is 2. The molecule has 1 aromatic heterocycles. The number of nitrogens with one attached hydrogen (secondary N) is 1. The van der Waals surface area contributed by atoms with E-state index in [2.05, 4.69) is 47.2 Å². The second kappa shape index (κ2) is 7.61. The number of rotatable bonds is 4. The lowest BCUT2D eigenvalue weighted by molar-refractivity contribution is -0.117. The van der Waals surface area contributed by atoms with E-state index >= 15 is 0 Å². The minimum atomic E-state index is -0.399. The summed E-state index contributed by atoms with van der Waals surface area (Å²) in [6, 6.07) is 25.5. The van der Waals surface area contributed by atoms with Crippen LogP contribution in [0, 0.1) is 6.92 Å². The maximum Gasteiger partial charge on any atom is 0.282 e. The van der Waals surface area contributed by atoms with Crippen LogP contribution in [-0.2, 0) is 16.1 Å². The number of carbonyl (C=O) groups is 2. The first-order valence-electron chi connectivity index (χ1n) is 10.2. The van der Waals surface area contributed by atoms with Crippen LogP contribution < -0.4 is 10.4 Å². The van der Waals surface area contributed by atoms with Crippen molar-refractivity contribution < 1.29 is 9.59 Å². The fourth-order valence-corrected chi connectivity index (χ4v) is 4.00. The highest BCUT2D eigenvalue weighted by molar-refractivity contribution is 6.32. The van der Waals surface area contributed by atoms with Crippen LogP contribution in [0.2, 0.25) is 0 Å². The van der Waals surface area contributed by atoms with Gasteiger partial charge in [0.25, 0.3) is 11.8 Å². The molecule has 2 heterocycles. The number of anilines is 1. The molecule has 4 aromatic rings. The van der Waals surface area contributed by atoms with Crippen molar-refractivity contribution in [2.24, 2.45) is 0 Å². The highest BCUT2D eigenvalue weighted by atomic mass is 16.2. The smallest absolute Gasteiger partial charge is 0.282 e. The molecule has 1 aliphatic heterocycles. The molecule has 5 heteroatoms. The van der Waals surface area contributed by atoms with Crippen molar-refractivity contribution in [3.63, 3.8) is 0 Å². The lowest BCUT2D eigenvalue weighted by Crippen LogP contribution is -2.35. The Morgan fingerprint density at radius 3 is 2.48 bits per heavy atom. The number of nitrogens with zero attached hydrogens (tertiary/aromatic N) is 2. The molecule has 5 nitrogen and oxygen atoms in total. The lowest BCUT2D eigenvalue weighted by Gasteiger charge is -2.13. The van der Waals surface area contributed by atoms with Crippen molar-refractivity contribution in [3.05, 3.63) is 107 Å². The SMILES string of the molecule is Cc1cccc(Cn2cc(/C=C3/C(=O)NN(c4ccccc4)C3=O)c3ccccc32)c1. The predicted molar refractivity (Wildman–Crippen MR) is 122 cm³/mol. The van der Waals surface area contributed by atoms with Crippen LogP contribution in [0.15, 0.2) is 90.6 Å². The first-order valence-corrected chi connectivity index (χ1v) is 10.2. The molecular formula is C26H21N3O2. The van der Waals surface area contributed by atoms with Gasteiger partial charge < -0.3 is 4.57 Å². The molecular weight excluding hydrogens is 386 g/mol. The molecule has 1 aliphatic rings. The lowest BCUT2D eigenvalue weighted by atomic mass is 10.1. The first-order chi connectivity index (χ1) is 15.1. The van der Waals surface area contributed by atoms with Gasteiger partial charge in [-0.2, -0.15) is 0 Å². The summed E-state index contributed by atoms with van der Waals surface area (Å²) in [5.41, 5.74) is 7.73. The van der Waals surface area contributed by atoms with E-state index < -0.39 is 5.91 Å². The Labute approximate surface area is 180 Å². The van der Waals surface area contributed by atoms with Gasteiger partial charge in [-0.15, -0.1) is 0 Å². The zero-order chi connectivity index (χ0) is 21.4. The Hall–Kier alpha value is -4.12. The first kappa shape index (κ1) is 18.9. The predicted octanol–water partition coefficient (Wildman–Crippen LogP) is 4.46. The highest BCUT2D eigenvalue weighted by Crippen LogP contribution is 2.27. The molecule has 1 N–H and O–H groups in total. The van der Waals surface area contributed by atoms with Crippen LogP contribution in [0.5, 0.6) is 0 Å². The van der Waals surface area contributed by atoms with Gasteiger partial charge in [0.1, 0.15) is 5.57 Å². The summed E-state index contributed by atoms with van der Waals surface area (Å²) in [4.78, 5) is 25.6. The van der Waals surface area contributed by atoms with Gasteiger partial charge >= 0.3 is 0 Å². The third-order valence-corrected chi connectivity index (χ3v) is 5.46. The number of hydrogen-bond donors (Lipinski definition) is 1. The highest BCUT2D eigenvalue weighted by Gasteiger charge is 2.34.